The van der Waals surface area contributed by atoms with Gasteiger partial charge in [-0.1, -0.05) is 6.07 Å². The van der Waals surface area contributed by atoms with Crippen molar-refractivity contribution in [2.75, 3.05) is 18.7 Å². The Hall–Kier alpha value is -3.48. The predicted octanol–water partition coefficient (Wildman–Crippen LogP) is 2.20. The monoisotopic (exact) mass is 365 g/mol. The van der Waals surface area contributed by atoms with Crippen LogP contribution < -0.4 is 20.1 Å². The van der Waals surface area contributed by atoms with Gasteiger partial charge in [0.25, 0.3) is 0 Å². The fourth-order valence-electron chi connectivity index (χ4n) is 3.05. The number of hydrogen-bond donors (Lipinski definition) is 2. The fraction of sp³-hybridized carbons (Fsp3) is 0.200. The number of nitrogens with zero attached hydrogens (tertiary/aromatic N) is 1. The largest absolute Gasteiger partial charge is 0.454 e. The van der Waals surface area contributed by atoms with Crippen molar-refractivity contribution >= 4 is 28.4 Å². The van der Waals surface area contributed by atoms with Gasteiger partial charge < -0.3 is 24.7 Å². The first-order valence-electron chi connectivity index (χ1n) is 8.63. The van der Waals surface area contributed by atoms with Crippen LogP contribution in [0.2, 0.25) is 0 Å². The molecule has 0 radical (unpaired) electrons. The topological polar surface area (TPSA) is 81.6 Å². The number of anilines is 1. The molecule has 3 aromatic rings. The average Bonchev–Trinajstić information content (AvgIpc) is 3.28. The first kappa shape index (κ1) is 17.0. The van der Waals surface area contributed by atoms with Gasteiger partial charge in [0.2, 0.25) is 6.79 Å². The molecule has 1 aromatic heterocycles. The van der Waals surface area contributed by atoms with E-state index in [-0.39, 0.29) is 6.79 Å². The lowest BCUT2D eigenvalue weighted by atomic mass is 10.1. The Morgan fingerprint density at radius 2 is 1.89 bits per heavy atom. The van der Waals surface area contributed by atoms with Gasteiger partial charge in [-0.25, -0.2) is 0 Å². The third-order valence-corrected chi connectivity index (χ3v) is 4.49. The quantitative estimate of drug-likeness (QED) is 0.695. The van der Waals surface area contributed by atoms with Crippen molar-refractivity contribution in [1.29, 1.82) is 0 Å². The summed E-state index contributed by atoms with van der Waals surface area (Å²) in [5.74, 6) is -0.224. The lowest BCUT2D eigenvalue weighted by Gasteiger charge is -2.08. The van der Waals surface area contributed by atoms with Gasteiger partial charge in [-0.2, -0.15) is 0 Å². The molecule has 4 rings (SSSR count). The molecule has 0 aliphatic carbocycles. The summed E-state index contributed by atoms with van der Waals surface area (Å²) in [4.78, 5) is 24.0. The number of carbonyl (C=O) groups is 2. The van der Waals surface area contributed by atoms with Crippen LogP contribution >= 0.6 is 0 Å². The molecule has 2 aromatic carbocycles. The number of aryl methyl sites for hydroxylation is 1. The van der Waals surface area contributed by atoms with Crippen molar-refractivity contribution in [2.45, 2.75) is 6.42 Å². The zero-order valence-electron chi connectivity index (χ0n) is 14.8. The number of carbonyl (C=O) groups excluding carboxylic acids is 2. The molecule has 27 heavy (non-hydrogen) atoms. The van der Waals surface area contributed by atoms with Crippen molar-refractivity contribution in [3.05, 3.63) is 54.2 Å². The van der Waals surface area contributed by atoms with Crippen LogP contribution in [0.4, 0.5) is 5.69 Å². The minimum atomic E-state index is -0.715. The Morgan fingerprint density at radius 3 is 2.78 bits per heavy atom. The van der Waals surface area contributed by atoms with Gasteiger partial charge in [0.15, 0.2) is 11.5 Å². The normalized spacial score (nSPS) is 12.2. The van der Waals surface area contributed by atoms with Crippen molar-refractivity contribution in [1.82, 2.24) is 9.88 Å². The van der Waals surface area contributed by atoms with Crippen LogP contribution in [-0.2, 0) is 23.1 Å². The number of amides is 2. The fourth-order valence-corrected chi connectivity index (χ4v) is 3.05. The molecule has 0 saturated heterocycles. The molecule has 0 atom stereocenters. The van der Waals surface area contributed by atoms with Gasteiger partial charge in [0.05, 0.1) is 0 Å². The first-order chi connectivity index (χ1) is 13.1. The lowest BCUT2D eigenvalue weighted by molar-refractivity contribution is -0.136. The number of nitrogens with one attached hydrogen (secondary N) is 2. The van der Waals surface area contributed by atoms with Gasteiger partial charge in [0.1, 0.15) is 0 Å². The van der Waals surface area contributed by atoms with Crippen LogP contribution in [0, 0.1) is 0 Å². The third kappa shape index (κ3) is 3.57. The van der Waals surface area contributed by atoms with E-state index in [0.717, 1.165) is 16.5 Å². The molecule has 0 spiro atoms. The van der Waals surface area contributed by atoms with E-state index >= 15 is 0 Å². The smallest absolute Gasteiger partial charge is 0.313 e. The molecule has 2 amide bonds. The van der Waals surface area contributed by atoms with Crippen LogP contribution in [0.15, 0.2) is 48.7 Å². The second-order valence-electron chi connectivity index (χ2n) is 6.35. The van der Waals surface area contributed by atoms with Crippen molar-refractivity contribution in [3.8, 4) is 11.5 Å². The number of hydrogen-bond acceptors (Lipinski definition) is 4. The molecule has 2 heterocycles. The lowest BCUT2D eigenvalue weighted by Crippen LogP contribution is -2.36. The second kappa shape index (κ2) is 7.03. The summed E-state index contributed by atoms with van der Waals surface area (Å²) in [7, 11) is 2.00. The highest BCUT2D eigenvalue weighted by Crippen LogP contribution is 2.34. The van der Waals surface area contributed by atoms with E-state index in [2.05, 4.69) is 33.4 Å². The molecule has 2 N–H and O–H groups in total. The number of benzene rings is 2. The predicted molar refractivity (Wildman–Crippen MR) is 101 cm³/mol. The summed E-state index contributed by atoms with van der Waals surface area (Å²) in [5.41, 5.74) is 2.74. The molecule has 7 nitrogen and oxygen atoms in total. The van der Waals surface area contributed by atoms with E-state index in [4.69, 9.17) is 9.47 Å². The van der Waals surface area contributed by atoms with Crippen LogP contribution in [0.1, 0.15) is 5.56 Å². The molecule has 7 heteroatoms. The van der Waals surface area contributed by atoms with Gasteiger partial charge in [-0.15, -0.1) is 0 Å². The van der Waals surface area contributed by atoms with Crippen molar-refractivity contribution in [3.63, 3.8) is 0 Å². The molecule has 138 valence electrons. The van der Waals surface area contributed by atoms with Crippen LogP contribution in [0.25, 0.3) is 10.9 Å². The Labute approximate surface area is 155 Å². The van der Waals surface area contributed by atoms with E-state index in [1.54, 1.807) is 18.2 Å². The molecular formula is C20H19N3O4. The summed E-state index contributed by atoms with van der Waals surface area (Å²) in [6.45, 7) is 0.535. The molecular weight excluding hydrogens is 346 g/mol. The summed E-state index contributed by atoms with van der Waals surface area (Å²) < 4.78 is 12.5. The third-order valence-electron chi connectivity index (χ3n) is 4.49. The molecule has 0 saturated carbocycles. The zero-order chi connectivity index (χ0) is 18.8. The maximum absolute atomic E-state index is 12.0. The van der Waals surface area contributed by atoms with E-state index in [9.17, 15) is 9.59 Å². The number of ether oxygens (including phenoxy) is 2. The van der Waals surface area contributed by atoms with Crippen LogP contribution in [0.5, 0.6) is 11.5 Å². The van der Waals surface area contributed by atoms with Gasteiger partial charge in [-0.3, -0.25) is 9.59 Å². The summed E-state index contributed by atoms with van der Waals surface area (Å²) in [6, 6.07) is 13.2. The first-order valence-corrected chi connectivity index (χ1v) is 8.63. The molecule has 0 unspecified atom stereocenters. The summed E-state index contributed by atoms with van der Waals surface area (Å²) >= 11 is 0. The highest BCUT2D eigenvalue weighted by molar-refractivity contribution is 6.39. The summed E-state index contributed by atoms with van der Waals surface area (Å²) in [5, 5.41) is 6.36. The van der Waals surface area contributed by atoms with Crippen molar-refractivity contribution in [2.24, 2.45) is 7.05 Å². The van der Waals surface area contributed by atoms with Crippen LogP contribution in [0.3, 0.4) is 0 Å². The average molecular weight is 365 g/mol. The van der Waals surface area contributed by atoms with Crippen LogP contribution in [-0.4, -0.2) is 29.7 Å². The Morgan fingerprint density at radius 1 is 1.04 bits per heavy atom. The second-order valence-corrected chi connectivity index (χ2v) is 6.35. The van der Waals surface area contributed by atoms with Gasteiger partial charge in [0, 0.05) is 37.1 Å². The maximum Gasteiger partial charge on any atom is 0.313 e. The number of aromatic nitrogens is 1. The molecule has 0 fully saturated rings. The molecule has 0 bridgehead atoms. The van der Waals surface area contributed by atoms with E-state index in [0.29, 0.717) is 30.2 Å². The standard InChI is InChI=1S/C20H19N3O4/c1-23-9-7-14-10-13(2-4-16(14)23)6-8-21-19(24)20(25)22-15-3-5-17-18(11-15)27-12-26-17/h2-5,7,9-11H,6,8,12H2,1H3,(H,21,24)(H,22,25). The Bertz CT molecular complexity index is 1030. The highest BCUT2D eigenvalue weighted by Gasteiger charge is 2.17. The molecule has 1 aliphatic rings. The van der Waals surface area contributed by atoms with Crippen molar-refractivity contribution < 1.29 is 19.1 Å². The Balaban J connectivity index is 1.29. The van der Waals surface area contributed by atoms with E-state index in [1.807, 2.05) is 19.3 Å². The molecule has 1 aliphatic heterocycles. The van der Waals surface area contributed by atoms with E-state index in [1.165, 1.54) is 0 Å². The maximum atomic E-state index is 12.0. The van der Waals surface area contributed by atoms with E-state index < -0.39 is 11.8 Å². The van der Waals surface area contributed by atoms with Gasteiger partial charge >= 0.3 is 11.8 Å². The zero-order valence-corrected chi connectivity index (χ0v) is 14.8. The Kier molecular flexibility index (Phi) is 4.42. The number of rotatable bonds is 4. The number of fused-ring (bicyclic) bond motifs is 2. The minimum Gasteiger partial charge on any atom is -0.454 e. The SMILES string of the molecule is Cn1ccc2cc(CCNC(=O)C(=O)Nc3ccc4c(c3)OCO4)ccc21. The van der Waals surface area contributed by atoms with Gasteiger partial charge in [-0.05, 0) is 47.7 Å². The minimum absolute atomic E-state index is 0.155. The highest BCUT2D eigenvalue weighted by atomic mass is 16.7. The summed E-state index contributed by atoms with van der Waals surface area (Å²) in [6.07, 6.45) is 2.66.